The van der Waals surface area contributed by atoms with E-state index in [1.165, 1.54) is 64.4 Å². The molecule has 1 radical (unpaired) electrons. The van der Waals surface area contributed by atoms with Crippen molar-refractivity contribution in [2.75, 3.05) is 0 Å². The van der Waals surface area contributed by atoms with E-state index >= 15 is 0 Å². The molecule has 4 aromatic heterocycles. The smallest absolute Gasteiger partial charge is 0.0991 e. The van der Waals surface area contributed by atoms with Gasteiger partial charge in [-0.15, -0.1) is 23.8 Å². The van der Waals surface area contributed by atoms with E-state index in [1.54, 1.807) is 12.4 Å². The molecule has 0 bridgehead atoms. The third kappa shape index (κ3) is 10.1. The predicted octanol–water partition coefficient (Wildman–Crippen LogP) is 16.3. The number of para-hydroxylation sites is 2. The van der Waals surface area contributed by atoms with Crippen molar-refractivity contribution < 1.29 is 20.1 Å². The molecule has 0 saturated heterocycles. The van der Waals surface area contributed by atoms with Crippen LogP contribution in [0.1, 0.15) is 81.2 Å². The quantitative estimate of drug-likeness (QED) is 0.101. The van der Waals surface area contributed by atoms with Crippen LogP contribution in [0, 0.1) is 36.3 Å². The van der Waals surface area contributed by atoms with Crippen molar-refractivity contribution in [2.45, 2.75) is 86.4 Å². The number of fused-ring (bicyclic) bond motifs is 4. The molecule has 0 atom stereocenters. The van der Waals surface area contributed by atoms with Crippen LogP contribution >= 0.6 is 11.3 Å². The molecule has 0 saturated carbocycles. The largest absolute Gasteiger partial charge is 0.333 e. The third-order valence-electron chi connectivity index (χ3n) is 12.9. The van der Waals surface area contributed by atoms with Gasteiger partial charge in [-0.3, -0.25) is 9.97 Å². The second kappa shape index (κ2) is 20.9. The second-order valence-corrected chi connectivity index (χ2v) is 26.3. The monoisotopic (exact) mass is 1130 g/mol. The van der Waals surface area contributed by atoms with Crippen LogP contribution in [-0.4, -0.2) is 27.6 Å². The predicted molar refractivity (Wildman–Crippen MR) is 295 cm³/mol. The summed E-state index contributed by atoms with van der Waals surface area (Å²) in [5.74, 6) is 2.15. The van der Waals surface area contributed by atoms with Crippen molar-refractivity contribution in [1.82, 2.24) is 19.5 Å². The fourth-order valence-corrected chi connectivity index (χ4v) is 12.4. The molecule has 353 valence electrons. The van der Waals surface area contributed by atoms with Gasteiger partial charge in [0.1, 0.15) is 0 Å². The molecule has 0 unspecified atom stereocenters. The number of imidazole rings is 1. The molecule has 8 heteroatoms. The van der Waals surface area contributed by atoms with E-state index < -0.39 is 8.07 Å². The molecule has 0 spiro atoms. The van der Waals surface area contributed by atoms with Gasteiger partial charge in [0.2, 0.25) is 0 Å². The van der Waals surface area contributed by atoms with E-state index in [0.717, 1.165) is 51.2 Å². The van der Waals surface area contributed by atoms with E-state index in [0.29, 0.717) is 11.5 Å². The number of hydrogen-bond donors (Lipinski definition) is 0. The first kappa shape index (κ1) is 50.1. The maximum absolute atomic E-state index is 9.29. The number of rotatable bonds is 10. The number of nitriles is 1. The normalized spacial score (nSPS) is 11.6. The van der Waals surface area contributed by atoms with Crippen molar-refractivity contribution >= 4 is 55.8 Å². The van der Waals surface area contributed by atoms with Crippen LogP contribution in [0.5, 0.6) is 0 Å². The maximum atomic E-state index is 9.29. The molecule has 10 aromatic rings. The molecule has 0 fully saturated rings. The number of nitrogens with zero attached hydrogens (tertiary/aromatic N) is 5. The zero-order chi connectivity index (χ0) is 48.6. The second-order valence-electron chi connectivity index (χ2n) is 20.2. The molecule has 0 aliphatic carbocycles. The summed E-state index contributed by atoms with van der Waals surface area (Å²) in [5.41, 5.74) is 17.0. The topological polar surface area (TPSA) is 67.4 Å². The first-order valence-corrected chi connectivity index (χ1v) is 28.4. The summed E-state index contributed by atoms with van der Waals surface area (Å²) < 4.78 is 4.84. The van der Waals surface area contributed by atoms with E-state index in [4.69, 9.17) is 4.98 Å². The molecule has 0 N–H and O–H groups in total. The standard InChI is InChI=1S/C45H36N3S.C17H23N2Si.Ir/c1-27(2)37-23-34(31-11-7-6-8-12-31)24-38(28(3)4)43(37)48-40-14-10-9-13-39(40)47-45(48)36-21-15-29(5)42-35-22-20-33(25-41(35)49-44(36)42)32-18-16-30(26-46)17-19-32;1-13(2)10-15-11-16(14-6-8-18-9-7-14)19-12-17(15)20(3,4)5;/h6-20,22-25,27-28H,1-5H3;6,8-9,11-13H,10H2,1-5H3;/q2*-1;. The summed E-state index contributed by atoms with van der Waals surface area (Å²) in [7, 11) is -1.35. The molecule has 5 nitrogen and oxygen atoms in total. The minimum Gasteiger partial charge on any atom is -0.333 e. The van der Waals surface area contributed by atoms with Gasteiger partial charge in [0.15, 0.2) is 0 Å². The van der Waals surface area contributed by atoms with Gasteiger partial charge in [-0.05, 0) is 133 Å². The van der Waals surface area contributed by atoms with Gasteiger partial charge < -0.3 is 9.55 Å². The van der Waals surface area contributed by atoms with Crippen molar-refractivity contribution in [2.24, 2.45) is 5.92 Å². The van der Waals surface area contributed by atoms with Gasteiger partial charge in [0.25, 0.3) is 0 Å². The fraction of sp³-hybridized carbons (Fsp3) is 0.226. The average Bonchev–Trinajstić information content (AvgIpc) is 3.93. The van der Waals surface area contributed by atoms with Crippen LogP contribution in [-0.2, 0) is 26.5 Å². The molecular formula is C62H59IrN5SSi-2. The summed E-state index contributed by atoms with van der Waals surface area (Å²) in [6, 6.07) is 54.0. The number of benzene rings is 6. The van der Waals surface area contributed by atoms with Crippen LogP contribution in [0.4, 0.5) is 0 Å². The minimum absolute atomic E-state index is 0. The Morgan fingerprint density at radius 2 is 1.41 bits per heavy atom. The Labute approximate surface area is 432 Å². The zero-order valence-corrected chi connectivity index (χ0v) is 46.0. The Bertz CT molecular complexity index is 3480. The van der Waals surface area contributed by atoms with Crippen molar-refractivity contribution in [3.63, 3.8) is 0 Å². The van der Waals surface area contributed by atoms with Gasteiger partial charge in [0.05, 0.1) is 36.6 Å². The minimum atomic E-state index is -1.35. The van der Waals surface area contributed by atoms with E-state index in [2.05, 4.69) is 204 Å². The Kier molecular flexibility index (Phi) is 15.0. The average molecular weight is 1130 g/mol. The van der Waals surface area contributed by atoms with Gasteiger partial charge >= 0.3 is 0 Å². The summed E-state index contributed by atoms with van der Waals surface area (Å²) in [5, 5.41) is 13.3. The van der Waals surface area contributed by atoms with Crippen molar-refractivity contribution in [3.05, 3.63) is 186 Å². The first-order valence-electron chi connectivity index (χ1n) is 24.1. The molecule has 0 amide bonds. The van der Waals surface area contributed by atoms with Crippen LogP contribution in [0.15, 0.2) is 146 Å². The van der Waals surface area contributed by atoms with E-state index in [1.807, 2.05) is 41.7 Å². The molecule has 0 aliphatic rings. The summed E-state index contributed by atoms with van der Waals surface area (Å²) >= 11 is 1.81. The third-order valence-corrected chi connectivity index (χ3v) is 16.2. The van der Waals surface area contributed by atoms with Gasteiger partial charge in [-0.1, -0.05) is 157 Å². The SMILES string of the molecule is CC(C)Cc1cc(-c2[c-]cncc2)ncc1[Si](C)(C)C.Cc1c[c-]c(-c2nc3ccccc3n2-c2c(C(C)C)cc(-c3ccccc3)cc2C(C)C)c2sc3cc(-c4ccc(C#N)cc4)ccc3c12.[Ir]. The number of thiophene rings is 1. The van der Waals surface area contributed by atoms with Gasteiger partial charge in [-0.2, -0.15) is 28.2 Å². The first-order chi connectivity index (χ1) is 33.2. The Balaban J connectivity index is 0.000000264. The molecule has 0 aliphatic heterocycles. The zero-order valence-electron chi connectivity index (χ0n) is 41.8. The molecule has 4 heterocycles. The van der Waals surface area contributed by atoms with Gasteiger partial charge in [-0.25, -0.2) is 0 Å². The van der Waals surface area contributed by atoms with E-state index in [9.17, 15) is 5.26 Å². The molecule has 70 heavy (non-hydrogen) atoms. The molecular weight excluding hydrogens is 1070 g/mol. The van der Waals surface area contributed by atoms with Crippen LogP contribution in [0.2, 0.25) is 19.6 Å². The van der Waals surface area contributed by atoms with E-state index in [-0.39, 0.29) is 31.9 Å². The number of aryl methyl sites for hydroxylation is 1. The Morgan fingerprint density at radius 1 is 0.743 bits per heavy atom. The van der Waals surface area contributed by atoms with Crippen LogP contribution in [0.25, 0.3) is 81.8 Å². The van der Waals surface area contributed by atoms with Crippen LogP contribution in [0.3, 0.4) is 0 Å². The van der Waals surface area contributed by atoms with Crippen molar-refractivity contribution in [3.8, 4) is 56.7 Å². The number of pyridine rings is 2. The maximum Gasteiger partial charge on any atom is 0.0991 e. The van der Waals surface area contributed by atoms with Gasteiger partial charge in [0, 0.05) is 36.7 Å². The Morgan fingerprint density at radius 3 is 2.06 bits per heavy atom. The van der Waals surface area contributed by atoms with Crippen LogP contribution < -0.4 is 5.19 Å². The number of hydrogen-bond acceptors (Lipinski definition) is 5. The summed E-state index contributed by atoms with van der Waals surface area (Å²) in [6.45, 7) is 23.1. The fourth-order valence-electron chi connectivity index (χ4n) is 9.50. The molecule has 10 rings (SSSR count). The number of aromatic nitrogens is 4. The van der Waals surface area contributed by atoms with Crippen molar-refractivity contribution in [1.29, 1.82) is 5.26 Å². The Hall–Kier alpha value is -6.33. The summed E-state index contributed by atoms with van der Waals surface area (Å²) in [6.07, 6.45) is 6.70. The molecule has 6 aromatic carbocycles. The summed E-state index contributed by atoms with van der Waals surface area (Å²) in [4.78, 5) is 14.1.